The Balaban J connectivity index is 2.03. The fourth-order valence-electron chi connectivity index (χ4n) is 2.82. The van der Waals surface area contributed by atoms with Gasteiger partial charge >= 0.3 is 6.01 Å². The number of rotatable bonds is 8. The molecule has 3 aromatic rings. The van der Waals surface area contributed by atoms with Gasteiger partial charge in [0.1, 0.15) is 0 Å². The molecule has 0 fully saturated rings. The Hall–Kier alpha value is -2.56. The van der Waals surface area contributed by atoms with Gasteiger partial charge in [-0.05, 0) is 31.0 Å². The third-order valence-electron chi connectivity index (χ3n) is 4.40. The number of primary sulfonamides is 1. The molecule has 0 bridgehead atoms. The summed E-state index contributed by atoms with van der Waals surface area (Å²) in [5, 5.41) is 10.2. The topological polar surface area (TPSA) is 139 Å². The van der Waals surface area contributed by atoms with E-state index < -0.39 is 16.1 Å². The van der Waals surface area contributed by atoms with Gasteiger partial charge in [0.15, 0.2) is 5.65 Å². The van der Waals surface area contributed by atoms with E-state index in [4.69, 9.17) is 15.6 Å². The van der Waals surface area contributed by atoms with Crippen molar-refractivity contribution in [2.45, 2.75) is 44.2 Å². The van der Waals surface area contributed by atoms with Gasteiger partial charge in [-0.15, -0.1) is 0 Å². The zero-order valence-electron chi connectivity index (χ0n) is 15.9. The summed E-state index contributed by atoms with van der Waals surface area (Å²) >= 11 is 0. The summed E-state index contributed by atoms with van der Waals surface area (Å²) in [4.78, 5) is 9.02. The van der Waals surface area contributed by atoms with Crippen LogP contribution in [0.4, 0.5) is 0 Å². The molecule has 1 aromatic carbocycles. The normalized spacial score (nSPS) is 13.0. The van der Waals surface area contributed by atoms with Crippen LogP contribution in [0.1, 0.15) is 44.0 Å². The van der Waals surface area contributed by atoms with E-state index in [-0.39, 0.29) is 10.9 Å². The molecule has 10 heteroatoms. The highest BCUT2D eigenvalue weighted by molar-refractivity contribution is 7.89. The molecule has 0 saturated heterocycles. The molecule has 150 valence electrons. The highest BCUT2D eigenvalue weighted by Gasteiger charge is 2.20. The number of hydrogen-bond donors (Lipinski definition) is 2. The number of benzene rings is 1. The Morgan fingerprint density at radius 2 is 1.89 bits per heavy atom. The highest BCUT2D eigenvalue weighted by Crippen LogP contribution is 2.27. The van der Waals surface area contributed by atoms with Crippen LogP contribution in [0.5, 0.6) is 6.01 Å². The Morgan fingerprint density at radius 3 is 2.50 bits per heavy atom. The molecule has 0 aliphatic rings. The Bertz CT molecular complexity index is 1060. The fraction of sp³-hybridized carbons (Fsp3) is 0.389. The minimum absolute atomic E-state index is 0.0266. The molecule has 3 rings (SSSR count). The van der Waals surface area contributed by atoms with Crippen molar-refractivity contribution in [1.29, 1.82) is 0 Å². The predicted octanol–water partition coefficient (Wildman–Crippen LogP) is 1.72. The van der Waals surface area contributed by atoms with Crippen molar-refractivity contribution in [3.05, 3.63) is 41.7 Å². The molecule has 2 aromatic heterocycles. The molecular weight excluding hydrogens is 380 g/mol. The second-order valence-electron chi connectivity index (χ2n) is 6.38. The molecule has 2 heterocycles. The largest absolute Gasteiger partial charge is 0.463 e. The minimum atomic E-state index is -3.76. The summed E-state index contributed by atoms with van der Waals surface area (Å²) in [5.74, 6) is 0. The average Bonchev–Trinajstić information content (AvgIpc) is 3.09. The molecular formula is C18H24N6O3S. The first-order valence-electron chi connectivity index (χ1n) is 9.09. The molecule has 0 amide bonds. The third-order valence-corrected chi connectivity index (χ3v) is 5.33. The average molecular weight is 404 g/mol. The van der Waals surface area contributed by atoms with Crippen LogP contribution < -0.4 is 15.6 Å². The number of fused-ring (bicyclic) bond motifs is 1. The van der Waals surface area contributed by atoms with E-state index in [9.17, 15) is 8.42 Å². The first-order chi connectivity index (χ1) is 13.3. The lowest BCUT2D eigenvalue weighted by Gasteiger charge is -2.14. The first-order valence-corrected chi connectivity index (χ1v) is 10.6. The summed E-state index contributed by atoms with van der Waals surface area (Å²) in [5.41, 5.74) is 8.36. The molecule has 4 N–H and O–H groups in total. The molecule has 0 aliphatic heterocycles. The van der Waals surface area contributed by atoms with Crippen molar-refractivity contribution in [3.63, 3.8) is 0 Å². The monoisotopic (exact) mass is 404 g/mol. The van der Waals surface area contributed by atoms with Crippen LogP contribution in [-0.2, 0) is 16.6 Å². The summed E-state index contributed by atoms with van der Waals surface area (Å²) in [6, 6.07) is 5.75. The number of hydrogen-bond acceptors (Lipinski definition) is 7. The smallest absolute Gasteiger partial charge is 0.318 e. The van der Waals surface area contributed by atoms with Crippen molar-refractivity contribution < 1.29 is 13.2 Å². The third kappa shape index (κ3) is 4.13. The molecule has 0 radical (unpaired) electrons. The Kier molecular flexibility index (Phi) is 5.92. The van der Waals surface area contributed by atoms with Gasteiger partial charge in [-0.1, -0.05) is 25.5 Å². The van der Waals surface area contributed by atoms with Gasteiger partial charge in [-0.25, -0.2) is 18.2 Å². The van der Waals surface area contributed by atoms with Crippen molar-refractivity contribution in [2.24, 2.45) is 10.9 Å². The highest BCUT2D eigenvalue weighted by atomic mass is 32.2. The molecule has 1 unspecified atom stereocenters. The molecule has 0 saturated carbocycles. The van der Waals surface area contributed by atoms with Crippen LogP contribution in [0.15, 0.2) is 35.4 Å². The molecule has 9 nitrogen and oxygen atoms in total. The minimum Gasteiger partial charge on any atom is -0.463 e. The van der Waals surface area contributed by atoms with Gasteiger partial charge in [-0.3, -0.25) is 0 Å². The number of sulfonamides is 1. The zero-order valence-corrected chi connectivity index (χ0v) is 16.7. The van der Waals surface area contributed by atoms with Gasteiger partial charge in [0, 0.05) is 6.54 Å². The maximum atomic E-state index is 11.5. The van der Waals surface area contributed by atoms with E-state index in [1.807, 2.05) is 6.92 Å². The number of unbranched alkanes of at least 4 members (excludes halogenated alkanes) is 1. The lowest BCUT2D eigenvalue weighted by atomic mass is 10.0. The molecule has 0 spiro atoms. The number of nitrogens with two attached hydrogens (primary N) is 2. The number of nitrogens with zero attached hydrogens (tertiary/aromatic N) is 4. The van der Waals surface area contributed by atoms with E-state index >= 15 is 0 Å². The Labute approximate surface area is 163 Å². The van der Waals surface area contributed by atoms with Crippen LogP contribution in [0, 0.1) is 0 Å². The van der Waals surface area contributed by atoms with Crippen LogP contribution in [0.25, 0.3) is 11.0 Å². The lowest BCUT2D eigenvalue weighted by molar-refractivity contribution is 0.285. The first kappa shape index (κ1) is 20.2. The summed E-state index contributed by atoms with van der Waals surface area (Å²) in [7, 11) is -3.76. The van der Waals surface area contributed by atoms with E-state index in [0.29, 0.717) is 30.1 Å². The van der Waals surface area contributed by atoms with Crippen LogP contribution in [0.2, 0.25) is 0 Å². The number of aryl methyl sites for hydroxylation is 1. The van der Waals surface area contributed by atoms with Gasteiger partial charge in [0.25, 0.3) is 0 Å². The number of ether oxygens (including phenoxy) is 1. The van der Waals surface area contributed by atoms with E-state index in [1.165, 1.54) is 12.1 Å². The SMILES string of the molecule is CCCCOc1nc(C(N)c2ccc(S(N)(=O)=O)cc2)c2cnn(CC)c2n1. The van der Waals surface area contributed by atoms with Crippen LogP contribution in [0.3, 0.4) is 0 Å². The van der Waals surface area contributed by atoms with Crippen molar-refractivity contribution in [1.82, 2.24) is 19.7 Å². The fourth-order valence-corrected chi connectivity index (χ4v) is 3.34. The van der Waals surface area contributed by atoms with Gasteiger partial charge in [0.2, 0.25) is 10.0 Å². The van der Waals surface area contributed by atoms with E-state index in [0.717, 1.165) is 18.2 Å². The Morgan fingerprint density at radius 1 is 1.18 bits per heavy atom. The number of aromatic nitrogens is 4. The van der Waals surface area contributed by atoms with Crippen LogP contribution >= 0.6 is 0 Å². The van der Waals surface area contributed by atoms with Crippen LogP contribution in [-0.4, -0.2) is 34.8 Å². The molecule has 0 aliphatic carbocycles. The van der Waals surface area contributed by atoms with Gasteiger partial charge in [-0.2, -0.15) is 15.1 Å². The second kappa shape index (κ2) is 8.21. The maximum absolute atomic E-state index is 11.5. The van der Waals surface area contributed by atoms with E-state index in [1.54, 1.807) is 23.0 Å². The standard InChI is InChI=1S/C18H24N6O3S/c1-3-5-10-27-18-22-16(14-11-21-24(4-2)17(14)23-18)15(19)12-6-8-13(9-7-12)28(20,25)26/h6-9,11,15H,3-5,10,19H2,1-2H3,(H2,20,25,26). The summed E-state index contributed by atoms with van der Waals surface area (Å²) in [6.07, 6.45) is 3.57. The summed E-state index contributed by atoms with van der Waals surface area (Å²) in [6.45, 7) is 5.20. The van der Waals surface area contributed by atoms with Crippen molar-refractivity contribution in [3.8, 4) is 6.01 Å². The summed E-state index contributed by atoms with van der Waals surface area (Å²) < 4.78 is 30.4. The van der Waals surface area contributed by atoms with E-state index in [2.05, 4.69) is 22.0 Å². The lowest BCUT2D eigenvalue weighted by Crippen LogP contribution is -2.17. The molecule has 28 heavy (non-hydrogen) atoms. The molecule has 1 atom stereocenters. The predicted molar refractivity (Wildman–Crippen MR) is 105 cm³/mol. The zero-order chi connectivity index (χ0) is 20.3. The second-order valence-corrected chi connectivity index (χ2v) is 7.94. The quantitative estimate of drug-likeness (QED) is 0.545. The van der Waals surface area contributed by atoms with Gasteiger partial charge in [0.05, 0.1) is 34.8 Å². The van der Waals surface area contributed by atoms with Crippen molar-refractivity contribution in [2.75, 3.05) is 6.61 Å². The van der Waals surface area contributed by atoms with Gasteiger partial charge < -0.3 is 10.5 Å². The maximum Gasteiger partial charge on any atom is 0.318 e. The van der Waals surface area contributed by atoms with Crippen molar-refractivity contribution >= 4 is 21.1 Å².